The molecule has 0 unspecified atom stereocenters. The first-order chi connectivity index (χ1) is 13.1. The zero-order valence-electron chi connectivity index (χ0n) is 15.1. The lowest BCUT2D eigenvalue weighted by atomic mass is 10.2. The van der Waals surface area contributed by atoms with Crippen LogP contribution in [0.4, 0.5) is 11.4 Å². The fourth-order valence-electron chi connectivity index (χ4n) is 3.01. The molecule has 1 saturated heterocycles. The molecule has 7 heteroatoms. The standard InChI is InChI=1S/C20H22ClN3O2S/c1-26-19(25)15-6-9-17(21)18(12-15)23-20(27)22-13-14-4-7-16(8-5-14)24-10-2-3-11-24/h4-9,12H,2-3,10-11,13H2,1H3,(H2,22,23,27). The fourth-order valence-corrected chi connectivity index (χ4v) is 3.36. The molecule has 0 atom stereocenters. The molecule has 0 spiro atoms. The highest BCUT2D eigenvalue weighted by Gasteiger charge is 2.12. The van der Waals surface area contributed by atoms with Crippen LogP contribution in [0.25, 0.3) is 0 Å². The van der Waals surface area contributed by atoms with Gasteiger partial charge in [-0.3, -0.25) is 0 Å². The van der Waals surface area contributed by atoms with E-state index in [9.17, 15) is 4.79 Å². The predicted octanol–water partition coefficient (Wildman–Crippen LogP) is 4.21. The number of carbonyl (C=O) groups excluding carboxylic acids is 1. The molecule has 0 saturated carbocycles. The van der Waals surface area contributed by atoms with E-state index >= 15 is 0 Å². The van der Waals surface area contributed by atoms with Crippen molar-refractivity contribution < 1.29 is 9.53 Å². The maximum absolute atomic E-state index is 11.7. The van der Waals surface area contributed by atoms with Gasteiger partial charge in [0.25, 0.3) is 0 Å². The van der Waals surface area contributed by atoms with Gasteiger partial charge in [-0.15, -0.1) is 0 Å². The van der Waals surface area contributed by atoms with Gasteiger partial charge in [-0.25, -0.2) is 4.79 Å². The molecule has 1 aliphatic rings. The molecule has 2 aromatic rings. The second-order valence-electron chi connectivity index (χ2n) is 6.35. The Hall–Kier alpha value is -2.31. The fraction of sp³-hybridized carbons (Fsp3) is 0.300. The molecular weight excluding hydrogens is 382 g/mol. The first-order valence-electron chi connectivity index (χ1n) is 8.83. The summed E-state index contributed by atoms with van der Waals surface area (Å²) in [6.45, 7) is 2.87. The maximum atomic E-state index is 11.7. The van der Waals surface area contributed by atoms with E-state index in [4.69, 9.17) is 28.6 Å². The van der Waals surface area contributed by atoms with Gasteiger partial charge < -0.3 is 20.3 Å². The van der Waals surface area contributed by atoms with E-state index in [1.807, 2.05) is 0 Å². The molecule has 27 heavy (non-hydrogen) atoms. The lowest BCUT2D eigenvalue weighted by molar-refractivity contribution is 0.0601. The summed E-state index contributed by atoms with van der Waals surface area (Å²) in [6.07, 6.45) is 2.53. The van der Waals surface area contributed by atoms with E-state index in [0.29, 0.717) is 27.9 Å². The highest BCUT2D eigenvalue weighted by Crippen LogP contribution is 2.24. The second-order valence-corrected chi connectivity index (χ2v) is 7.17. The molecule has 5 nitrogen and oxygen atoms in total. The molecule has 0 bridgehead atoms. The molecule has 0 aliphatic carbocycles. The molecule has 1 aliphatic heterocycles. The summed E-state index contributed by atoms with van der Waals surface area (Å²) >= 11 is 11.5. The Bertz CT molecular complexity index is 820. The Labute approximate surface area is 169 Å². The maximum Gasteiger partial charge on any atom is 0.337 e. The number of rotatable bonds is 5. The van der Waals surface area contributed by atoms with E-state index in [0.717, 1.165) is 18.7 Å². The average molecular weight is 404 g/mol. The lowest BCUT2D eigenvalue weighted by Gasteiger charge is -2.18. The zero-order chi connectivity index (χ0) is 19.2. The van der Waals surface area contributed by atoms with E-state index in [1.165, 1.54) is 25.6 Å². The summed E-state index contributed by atoms with van der Waals surface area (Å²) < 4.78 is 4.73. The summed E-state index contributed by atoms with van der Waals surface area (Å²) in [5.74, 6) is -0.424. The van der Waals surface area contributed by atoms with E-state index < -0.39 is 5.97 Å². The topological polar surface area (TPSA) is 53.6 Å². The van der Waals surface area contributed by atoms with Crippen molar-refractivity contribution in [2.24, 2.45) is 0 Å². The van der Waals surface area contributed by atoms with Crippen molar-refractivity contribution in [1.29, 1.82) is 0 Å². The molecule has 3 rings (SSSR count). The number of methoxy groups -OCH3 is 1. The van der Waals surface area contributed by atoms with Crippen molar-refractivity contribution in [2.75, 3.05) is 30.4 Å². The van der Waals surface area contributed by atoms with Crippen LogP contribution < -0.4 is 15.5 Å². The number of carbonyl (C=O) groups is 1. The summed E-state index contributed by atoms with van der Waals surface area (Å²) in [5, 5.41) is 7.09. The molecule has 0 aromatic heterocycles. The van der Waals surface area contributed by atoms with Gasteiger partial charge in [-0.05, 0) is 61.0 Å². The van der Waals surface area contributed by atoms with E-state index in [2.05, 4.69) is 39.8 Å². The van der Waals surface area contributed by atoms with Crippen molar-refractivity contribution in [3.8, 4) is 0 Å². The van der Waals surface area contributed by atoms with Crippen LogP contribution in [0.1, 0.15) is 28.8 Å². The van der Waals surface area contributed by atoms with Crippen LogP contribution in [0.5, 0.6) is 0 Å². The highest BCUT2D eigenvalue weighted by atomic mass is 35.5. The Kier molecular flexibility index (Phi) is 6.53. The highest BCUT2D eigenvalue weighted by molar-refractivity contribution is 7.80. The third-order valence-corrected chi connectivity index (χ3v) is 5.07. The number of esters is 1. The smallest absolute Gasteiger partial charge is 0.337 e. The monoisotopic (exact) mass is 403 g/mol. The van der Waals surface area contributed by atoms with Crippen molar-refractivity contribution in [3.63, 3.8) is 0 Å². The molecule has 142 valence electrons. The van der Waals surface area contributed by atoms with Gasteiger partial charge in [-0.1, -0.05) is 23.7 Å². The summed E-state index contributed by atoms with van der Waals surface area (Å²) in [6, 6.07) is 13.4. The molecular formula is C20H22ClN3O2S. The van der Waals surface area contributed by atoms with Crippen LogP contribution >= 0.6 is 23.8 Å². The normalized spacial score (nSPS) is 13.3. The number of anilines is 2. The molecule has 2 aromatic carbocycles. The van der Waals surface area contributed by atoms with Gasteiger partial charge in [0.2, 0.25) is 0 Å². The van der Waals surface area contributed by atoms with Crippen molar-refractivity contribution in [2.45, 2.75) is 19.4 Å². The number of nitrogens with one attached hydrogen (secondary N) is 2. The number of hydrogen-bond acceptors (Lipinski definition) is 4. The van der Waals surface area contributed by atoms with Gasteiger partial charge in [0.05, 0.1) is 23.4 Å². The predicted molar refractivity (Wildman–Crippen MR) is 114 cm³/mol. The minimum atomic E-state index is -0.424. The molecule has 0 radical (unpaired) electrons. The van der Waals surface area contributed by atoms with Crippen LogP contribution in [0.3, 0.4) is 0 Å². The minimum absolute atomic E-state index is 0.407. The number of ether oxygens (including phenoxy) is 1. The third kappa shape index (κ3) is 5.11. The third-order valence-electron chi connectivity index (χ3n) is 4.50. The molecule has 2 N–H and O–H groups in total. The number of hydrogen-bond donors (Lipinski definition) is 2. The molecule has 1 heterocycles. The summed E-state index contributed by atoms with van der Waals surface area (Å²) in [7, 11) is 1.34. The number of thiocarbonyl (C=S) groups is 1. The zero-order valence-corrected chi connectivity index (χ0v) is 16.7. The van der Waals surface area contributed by atoms with Crippen LogP contribution in [0.2, 0.25) is 5.02 Å². The second kappa shape index (κ2) is 9.06. The summed E-state index contributed by atoms with van der Waals surface area (Å²) in [5.41, 5.74) is 3.37. The minimum Gasteiger partial charge on any atom is -0.465 e. The SMILES string of the molecule is COC(=O)c1ccc(Cl)c(NC(=S)NCc2ccc(N3CCCC3)cc2)c1. The lowest BCUT2D eigenvalue weighted by Crippen LogP contribution is -2.28. The Balaban J connectivity index is 1.56. The number of halogens is 1. The Morgan fingerprint density at radius 2 is 1.89 bits per heavy atom. The number of nitrogens with zero attached hydrogens (tertiary/aromatic N) is 1. The van der Waals surface area contributed by atoms with Gasteiger partial charge in [-0.2, -0.15) is 0 Å². The Morgan fingerprint density at radius 3 is 2.56 bits per heavy atom. The van der Waals surface area contributed by atoms with E-state index in [-0.39, 0.29) is 0 Å². The Morgan fingerprint density at radius 1 is 1.19 bits per heavy atom. The largest absolute Gasteiger partial charge is 0.465 e. The molecule has 1 fully saturated rings. The first kappa shape index (κ1) is 19.5. The summed E-state index contributed by atoms with van der Waals surface area (Å²) in [4.78, 5) is 14.1. The average Bonchev–Trinajstić information content (AvgIpc) is 3.22. The quantitative estimate of drug-likeness (QED) is 0.576. The first-order valence-corrected chi connectivity index (χ1v) is 9.62. The van der Waals surface area contributed by atoms with Crippen molar-refractivity contribution >= 4 is 46.3 Å². The van der Waals surface area contributed by atoms with Crippen molar-refractivity contribution in [1.82, 2.24) is 5.32 Å². The van der Waals surface area contributed by atoms with Gasteiger partial charge in [0, 0.05) is 25.3 Å². The van der Waals surface area contributed by atoms with Crippen LogP contribution in [-0.4, -0.2) is 31.3 Å². The van der Waals surface area contributed by atoms with Gasteiger partial charge in [0.1, 0.15) is 0 Å². The van der Waals surface area contributed by atoms with Crippen molar-refractivity contribution in [3.05, 3.63) is 58.6 Å². The van der Waals surface area contributed by atoms with E-state index in [1.54, 1.807) is 18.2 Å². The van der Waals surface area contributed by atoms with Gasteiger partial charge >= 0.3 is 5.97 Å². The van der Waals surface area contributed by atoms with Crippen LogP contribution in [-0.2, 0) is 11.3 Å². The molecule has 0 amide bonds. The number of benzene rings is 2. The van der Waals surface area contributed by atoms with Gasteiger partial charge in [0.15, 0.2) is 5.11 Å². The van der Waals surface area contributed by atoms with Crippen LogP contribution in [0.15, 0.2) is 42.5 Å². The van der Waals surface area contributed by atoms with Crippen LogP contribution in [0, 0.1) is 0 Å².